The van der Waals surface area contributed by atoms with Gasteiger partial charge < -0.3 is 9.64 Å². The van der Waals surface area contributed by atoms with Gasteiger partial charge in [-0.15, -0.1) is 0 Å². The second-order valence-corrected chi connectivity index (χ2v) is 11.8. The summed E-state index contributed by atoms with van der Waals surface area (Å²) in [6.45, 7) is 21.4. The van der Waals surface area contributed by atoms with E-state index in [4.69, 9.17) is 11.3 Å². The van der Waals surface area contributed by atoms with E-state index in [2.05, 4.69) is 68.6 Å². The van der Waals surface area contributed by atoms with Gasteiger partial charge in [-0.2, -0.15) is 0 Å². The summed E-state index contributed by atoms with van der Waals surface area (Å²) < 4.78 is 6.37. The lowest BCUT2D eigenvalue weighted by atomic mass is 9.69. The highest BCUT2D eigenvalue weighted by molar-refractivity contribution is 5.72. The van der Waals surface area contributed by atoms with Gasteiger partial charge in [0.05, 0.1) is 12.6 Å². The minimum atomic E-state index is 0.142. The molecule has 0 N–H and O–H groups in total. The number of rotatable bonds is 2. The molecule has 1 unspecified atom stereocenters. The first-order valence-corrected chi connectivity index (χ1v) is 12.9. The molecule has 3 aliphatic heterocycles. The molecule has 4 nitrogen and oxygen atoms in total. The fourth-order valence-corrected chi connectivity index (χ4v) is 6.13. The minimum absolute atomic E-state index is 0.142. The number of ether oxygens (including phenoxy) is 1. The van der Waals surface area contributed by atoms with Crippen LogP contribution in [0, 0.1) is 23.8 Å². The Kier molecular flexibility index (Phi) is 5.68. The predicted molar refractivity (Wildman–Crippen MR) is 141 cm³/mol. The molecule has 0 saturated heterocycles. The molecule has 0 fully saturated rings. The maximum absolute atomic E-state index is 9.59. The van der Waals surface area contributed by atoms with Crippen molar-refractivity contribution in [3.05, 3.63) is 80.8 Å². The van der Waals surface area contributed by atoms with E-state index in [1.165, 1.54) is 22.4 Å². The number of hydrogen-bond donors (Lipinski definition) is 0. The molecule has 1 atom stereocenters. The first kappa shape index (κ1) is 23.5. The SMILES string of the molecule is [C-]#[N+]/C(C#N)=C1C=C(/C=C/c2cc3c4c(c2)C(C)(C)CCN4CCC3(C)C)OC2=C\1CCCC2C. The molecule has 1 aromatic rings. The van der Waals surface area contributed by atoms with Gasteiger partial charge in [0, 0.05) is 30.3 Å². The smallest absolute Gasteiger partial charge is 0.269 e. The standard InChI is InChI=1S/C31H35N3O/c1-20-8-7-9-23-24(27(19-32)33-6)18-22(35-29(20)23)11-10-21-16-25-28-26(17-21)31(4,5)13-15-34(28)14-12-30(25,2)3/h10-11,16-18,20H,7-9,12-15H2,1-5H3/b11-10+,27-24+. The van der Waals surface area contributed by atoms with Crippen molar-refractivity contribution >= 4 is 11.8 Å². The van der Waals surface area contributed by atoms with Gasteiger partial charge in [0.1, 0.15) is 11.5 Å². The number of anilines is 1. The number of allylic oxidation sites excluding steroid dienone is 6. The van der Waals surface area contributed by atoms with E-state index in [0.717, 1.165) is 62.1 Å². The molecule has 1 aliphatic carbocycles. The lowest BCUT2D eigenvalue weighted by molar-refractivity contribution is 0.243. The summed E-state index contributed by atoms with van der Waals surface area (Å²) >= 11 is 0. The highest BCUT2D eigenvalue weighted by atomic mass is 16.5. The average Bonchev–Trinajstić information content (AvgIpc) is 2.83. The highest BCUT2D eigenvalue weighted by Crippen LogP contribution is 2.49. The van der Waals surface area contributed by atoms with Crippen LogP contribution < -0.4 is 4.90 Å². The molecule has 1 aromatic carbocycles. The van der Waals surface area contributed by atoms with E-state index in [1.54, 1.807) is 0 Å². The van der Waals surface area contributed by atoms with Gasteiger partial charge in [-0.05, 0) is 89.5 Å². The largest absolute Gasteiger partial charge is 0.461 e. The monoisotopic (exact) mass is 465 g/mol. The Morgan fingerprint density at radius 2 is 1.80 bits per heavy atom. The minimum Gasteiger partial charge on any atom is -0.461 e. The molecule has 0 radical (unpaired) electrons. The van der Waals surface area contributed by atoms with E-state index < -0.39 is 0 Å². The highest BCUT2D eigenvalue weighted by Gasteiger charge is 2.40. The van der Waals surface area contributed by atoms with Gasteiger partial charge in [0.2, 0.25) is 0 Å². The Bertz CT molecular complexity index is 1230. The van der Waals surface area contributed by atoms with Crippen LogP contribution in [0.3, 0.4) is 0 Å². The summed E-state index contributed by atoms with van der Waals surface area (Å²) in [5.41, 5.74) is 7.74. The topological polar surface area (TPSA) is 40.6 Å². The summed E-state index contributed by atoms with van der Waals surface area (Å²) in [6, 6.07) is 6.82. The third kappa shape index (κ3) is 4.00. The number of benzene rings is 1. The molecule has 4 aliphatic rings. The summed E-state index contributed by atoms with van der Waals surface area (Å²) in [7, 11) is 0. The maximum Gasteiger partial charge on any atom is 0.269 e. The van der Waals surface area contributed by atoms with Gasteiger partial charge in [0.25, 0.3) is 5.70 Å². The van der Waals surface area contributed by atoms with Gasteiger partial charge in [-0.25, -0.2) is 10.1 Å². The van der Waals surface area contributed by atoms with E-state index >= 15 is 0 Å². The molecule has 4 heteroatoms. The first-order valence-electron chi connectivity index (χ1n) is 12.9. The van der Waals surface area contributed by atoms with Crippen molar-refractivity contribution in [2.24, 2.45) is 5.92 Å². The molecule has 3 heterocycles. The maximum atomic E-state index is 9.59. The molecule has 5 rings (SSSR count). The van der Waals surface area contributed by atoms with E-state index in [9.17, 15) is 5.26 Å². The lowest BCUT2D eigenvalue weighted by Gasteiger charge is -2.48. The van der Waals surface area contributed by atoms with Crippen molar-refractivity contribution in [3.8, 4) is 6.07 Å². The van der Waals surface area contributed by atoms with Crippen LogP contribution in [0.1, 0.15) is 83.4 Å². The van der Waals surface area contributed by atoms with Crippen LogP contribution in [0.5, 0.6) is 0 Å². The Balaban J connectivity index is 1.57. The zero-order valence-electron chi connectivity index (χ0n) is 21.7. The molecule has 0 spiro atoms. The van der Waals surface area contributed by atoms with Crippen molar-refractivity contribution in [2.45, 2.75) is 77.6 Å². The van der Waals surface area contributed by atoms with Crippen LogP contribution in [-0.2, 0) is 15.6 Å². The van der Waals surface area contributed by atoms with E-state index in [0.29, 0.717) is 5.76 Å². The normalized spacial score (nSPS) is 25.6. The Hall–Kier alpha value is -3.24. The third-order valence-corrected chi connectivity index (χ3v) is 8.48. The van der Waals surface area contributed by atoms with Crippen molar-refractivity contribution in [1.82, 2.24) is 0 Å². The van der Waals surface area contributed by atoms with Crippen molar-refractivity contribution in [3.63, 3.8) is 0 Å². The summed E-state index contributed by atoms with van der Waals surface area (Å²) in [6.07, 6.45) is 11.4. The molecular formula is C31H35N3O. The fraction of sp³-hybridized carbons (Fsp3) is 0.484. The van der Waals surface area contributed by atoms with Crippen LogP contribution in [0.25, 0.3) is 10.9 Å². The van der Waals surface area contributed by atoms with Crippen molar-refractivity contribution in [1.29, 1.82) is 5.26 Å². The zero-order valence-corrected chi connectivity index (χ0v) is 21.7. The van der Waals surface area contributed by atoms with Gasteiger partial charge in [-0.1, -0.05) is 40.7 Å². The second-order valence-electron chi connectivity index (χ2n) is 11.8. The van der Waals surface area contributed by atoms with Crippen LogP contribution in [0.4, 0.5) is 5.69 Å². The zero-order chi connectivity index (χ0) is 25.0. The van der Waals surface area contributed by atoms with Crippen LogP contribution >= 0.6 is 0 Å². The van der Waals surface area contributed by atoms with Crippen LogP contribution in [0.15, 0.2) is 52.6 Å². The van der Waals surface area contributed by atoms with Crippen molar-refractivity contribution in [2.75, 3.05) is 18.0 Å². The first-order chi connectivity index (χ1) is 16.6. The lowest BCUT2D eigenvalue weighted by Crippen LogP contribution is -2.44. The number of nitrogens with zero attached hydrogens (tertiary/aromatic N) is 3. The second kappa shape index (κ2) is 8.46. The summed E-state index contributed by atoms with van der Waals surface area (Å²) in [5.74, 6) is 1.93. The summed E-state index contributed by atoms with van der Waals surface area (Å²) in [4.78, 5) is 6.11. The van der Waals surface area contributed by atoms with Crippen molar-refractivity contribution < 1.29 is 4.74 Å². The Morgan fingerprint density at radius 1 is 1.14 bits per heavy atom. The van der Waals surface area contributed by atoms with Gasteiger partial charge in [-0.3, -0.25) is 0 Å². The fourth-order valence-electron chi connectivity index (χ4n) is 6.13. The van der Waals surface area contributed by atoms with Crippen LogP contribution in [-0.4, -0.2) is 13.1 Å². The third-order valence-electron chi connectivity index (χ3n) is 8.48. The van der Waals surface area contributed by atoms with E-state index in [-0.39, 0.29) is 22.4 Å². The Morgan fingerprint density at radius 3 is 2.40 bits per heavy atom. The van der Waals surface area contributed by atoms with E-state index in [1.807, 2.05) is 12.2 Å². The molecular weight excluding hydrogens is 430 g/mol. The molecule has 0 saturated carbocycles. The predicted octanol–water partition coefficient (Wildman–Crippen LogP) is 7.55. The molecule has 180 valence electrons. The van der Waals surface area contributed by atoms with Gasteiger partial charge >= 0.3 is 0 Å². The van der Waals surface area contributed by atoms with Crippen LogP contribution in [0.2, 0.25) is 0 Å². The average molecular weight is 466 g/mol. The summed E-state index contributed by atoms with van der Waals surface area (Å²) in [5, 5.41) is 9.59. The molecule has 35 heavy (non-hydrogen) atoms. The number of nitriles is 1. The Labute approximate surface area is 210 Å². The quantitative estimate of drug-likeness (QED) is 0.334. The van der Waals surface area contributed by atoms with Gasteiger partial charge in [0.15, 0.2) is 0 Å². The molecule has 0 aromatic heterocycles. The molecule has 0 bridgehead atoms. The number of hydrogen-bond acceptors (Lipinski definition) is 3. The molecule has 0 amide bonds.